The van der Waals surface area contributed by atoms with Gasteiger partial charge >= 0.3 is 6.03 Å². The maximum atomic E-state index is 12.5. The number of aryl methyl sites for hydroxylation is 1. The van der Waals surface area contributed by atoms with Gasteiger partial charge in [0, 0.05) is 18.1 Å². The molecule has 2 aliphatic rings. The van der Waals surface area contributed by atoms with Crippen LogP contribution in [0.1, 0.15) is 31.4 Å². The Morgan fingerprint density at radius 2 is 2.16 bits per heavy atom. The van der Waals surface area contributed by atoms with E-state index in [-0.39, 0.29) is 24.4 Å². The van der Waals surface area contributed by atoms with E-state index in [1.54, 1.807) is 0 Å². The molecule has 2 atom stereocenters. The lowest BCUT2D eigenvalue weighted by atomic mass is 10.0. The van der Waals surface area contributed by atoms with E-state index in [2.05, 4.69) is 5.32 Å². The van der Waals surface area contributed by atoms with Crippen LogP contribution in [-0.4, -0.2) is 42.7 Å². The van der Waals surface area contributed by atoms with Gasteiger partial charge in [0.15, 0.2) is 0 Å². The van der Waals surface area contributed by atoms with Gasteiger partial charge in [0.1, 0.15) is 11.8 Å². The van der Waals surface area contributed by atoms with Crippen LogP contribution in [0, 0.1) is 18.8 Å². The summed E-state index contributed by atoms with van der Waals surface area (Å²) in [7, 11) is 0. The third kappa shape index (κ3) is 3.95. The van der Waals surface area contributed by atoms with Crippen LogP contribution in [0.2, 0.25) is 0 Å². The number of urea groups is 1. The molecule has 0 aromatic heterocycles. The predicted octanol–water partition coefficient (Wildman–Crippen LogP) is 2.49. The number of rotatable bonds is 6. The minimum absolute atomic E-state index is 0.0672. The number of amides is 3. The molecule has 2 fully saturated rings. The Balaban J connectivity index is 1.73. The summed E-state index contributed by atoms with van der Waals surface area (Å²) in [6, 6.07) is 5.08. The van der Waals surface area contributed by atoms with Gasteiger partial charge < -0.3 is 14.8 Å². The van der Waals surface area contributed by atoms with E-state index in [0.29, 0.717) is 12.5 Å². The van der Waals surface area contributed by atoms with Crippen LogP contribution in [0.4, 0.5) is 4.79 Å². The molecule has 1 aromatic carbocycles. The topological polar surface area (TPSA) is 67.9 Å². The van der Waals surface area contributed by atoms with Crippen LogP contribution < -0.4 is 10.1 Å². The summed E-state index contributed by atoms with van der Waals surface area (Å²) in [5.74, 6) is 1.03. The molecular formula is C19H26N2O4. The Labute approximate surface area is 148 Å². The zero-order valence-electron chi connectivity index (χ0n) is 15.1. The third-order valence-corrected chi connectivity index (χ3v) is 4.77. The summed E-state index contributed by atoms with van der Waals surface area (Å²) < 4.78 is 11.4. The van der Waals surface area contributed by atoms with Gasteiger partial charge in [-0.25, -0.2) is 4.79 Å². The molecule has 1 aromatic rings. The molecular weight excluding hydrogens is 320 g/mol. The lowest BCUT2D eigenvalue weighted by molar-refractivity contribution is -0.128. The van der Waals surface area contributed by atoms with E-state index in [4.69, 9.17) is 9.47 Å². The number of hydrogen-bond donors (Lipinski definition) is 1. The minimum atomic E-state index is -0.446. The summed E-state index contributed by atoms with van der Waals surface area (Å²) in [6.45, 7) is 8.18. The van der Waals surface area contributed by atoms with Gasteiger partial charge in [-0.3, -0.25) is 9.69 Å². The summed E-state index contributed by atoms with van der Waals surface area (Å²) in [5, 5.41) is 2.76. The molecule has 6 heteroatoms. The second kappa shape index (κ2) is 7.44. The molecule has 3 rings (SSSR count). The first kappa shape index (κ1) is 17.7. The van der Waals surface area contributed by atoms with Crippen molar-refractivity contribution in [1.82, 2.24) is 10.2 Å². The molecule has 3 amide bonds. The molecule has 136 valence electrons. The molecule has 2 aliphatic heterocycles. The van der Waals surface area contributed by atoms with Crippen LogP contribution >= 0.6 is 0 Å². The van der Waals surface area contributed by atoms with Crippen LogP contribution in [-0.2, 0) is 16.1 Å². The second-order valence-electron chi connectivity index (χ2n) is 7.25. The maximum Gasteiger partial charge on any atom is 0.325 e. The van der Waals surface area contributed by atoms with Gasteiger partial charge in [0.05, 0.1) is 19.8 Å². The average Bonchev–Trinajstić information content (AvgIpc) is 3.18. The fourth-order valence-electron chi connectivity index (χ4n) is 3.16. The van der Waals surface area contributed by atoms with E-state index in [1.165, 1.54) is 4.90 Å². The molecule has 6 nitrogen and oxygen atoms in total. The quantitative estimate of drug-likeness (QED) is 0.804. The molecule has 2 saturated heterocycles. The van der Waals surface area contributed by atoms with Crippen LogP contribution in [0.5, 0.6) is 5.75 Å². The number of benzene rings is 1. The van der Waals surface area contributed by atoms with Crippen molar-refractivity contribution < 1.29 is 19.1 Å². The fraction of sp³-hybridized carbons (Fsp3) is 0.579. The van der Waals surface area contributed by atoms with E-state index in [0.717, 1.165) is 36.5 Å². The molecule has 0 radical (unpaired) electrons. The molecule has 25 heavy (non-hydrogen) atoms. The lowest BCUT2D eigenvalue weighted by Crippen LogP contribution is -2.34. The second-order valence-corrected chi connectivity index (χ2v) is 7.25. The summed E-state index contributed by atoms with van der Waals surface area (Å²) in [6.07, 6.45) is 1.00. The molecule has 2 heterocycles. The van der Waals surface area contributed by atoms with E-state index in [9.17, 15) is 9.59 Å². The van der Waals surface area contributed by atoms with Crippen LogP contribution in [0.15, 0.2) is 18.2 Å². The fourth-order valence-corrected chi connectivity index (χ4v) is 3.16. The van der Waals surface area contributed by atoms with Crippen molar-refractivity contribution in [2.75, 3.05) is 19.8 Å². The lowest BCUT2D eigenvalue weighted by Gasteiger charge is -2.18. The first-order chi connectivity index (χ1) is 12.0. The highest BCUT2D eigenvalue weighted by Crippen LogP contribution is 2.26. The Kier molecular flexibility index (Phi) is 5.27. The number of imide groups is 1. The first-order valence-electron chi connectivity index (χ1n) is 8.87. The van der Waals surface area contributed by atoms with Gasteiger partial charge in [-0.15, -0.1) is 0 Å². The molecule has 0 saturated carbocycles. The van der Waals surface area contributed by atoms with E-state index < -0.39 is 6.04 Å². The standard InChI is InChI=1S/C19H26N2O4/c1-12(2)17-18(22)21(19(23)20-17)9-15-5-4-13(3)8-16(15)25-11-14-6-7-24-10-14/h4-5,8,12,14,17H,6-7,9-11H2,1-3H3,(H,20,23)/t14-,17+/m1/s1. The zero-order chi connectivity index (χ0) is 18.0. The summed E-state index contributed by atoms with van der Waals surface area (Å²) in [4.78, 5) is 26.0. The first-order valence-corrected chi connectivity index (χ1v) is 8.87. The van der Waals surface area contributed by atoms with Crippen molar-refractivity contribution in [1.29, 1.82) is 0 Å². The number of hydrogen-bond acceptors (Lipinski definition) is 4. The normalized spacial score (nSPS) is 23.4. The summed E-state index contributed by atoms with van der Waals surface area (Å²) in [5.41, 5.74) is 1.93. The van der Waals surface area contributed by atoms with Crippen molar-refractivity contribution in [3.8, 4) is 5.75 Å². The highest BCUT2D eigenvalue weighted by atomic mass is 16.5. The van der Waals surface area contributed by atoms with Gasteiger partial charge in [0.25, 0.3) is 5.91 Å². The highest BCUT2D eigenvalue weighted by Gasteiger charge is 2.39. The molecule has 1 N–H and O–H groups in total. The zero-order valence-corrected chi connectivity index (χ0v) is 15.1. The minimum Gasteiger partial charge on any atom is -0.493 e. The number of carbonyl (C=O) groups excluding carboxylic acids is 2. The van der Waals surface area contributed by atoms with Crippen molar-refractivity contribution >= 4 is 11.9 Å². The Morgan fingerprint density at radius 1 is 1.36 bits per heavy atom. The number of carbonyl (C=O) groups is 2. The Hall–Kier alpha value is -2.08. The van der Waals surface area contributed by atoms with Crippen molar-refractivity contribution in [3.63, 3.8) is 0 Å². The molecule has 0 aliphatic carbocycles. The van der Waals surface area contributed by atoms with Crippen molar-refractivity contribution in [2.45, 2.75) is 39.8 Å². The monoisotopic (exact) mass is 346 g/mol. The average molecular weight is 346 g/mol. The molecule has 0 unspecified atom stereocenters. The Bertz CT molecular complexity index is 653. The predicted molar refractivity (Wildman–Crippen MR) is 93.3 cm³/mol. The smallest absolute Gasteiger partial charge is 0.325 e. The highest BCUT2D eigenvalue weighted by molar-refractivity contribution is 6.04. The number of nitrogens with zero attached hydrogens (tertiary/aromatic N) is 1. The van der Waals surface area contributed by atoms with E-state index >= 15 is 0 Å². The summed E-state index contributed by atoms with van der Waals surface area (Å²) >= 11 is 0. The molecule has 0 bridgehead atoms. The maximum absolute atomic E-state index is 12.5. The molecule has 0 spiro atoms. The van der Waals surface area contributed by atoms with Gasteiger partial charge in [-0.2, -0.15) is 0 Å². The number of nitrogens with one attached hydrogen (secondary N) is 1. The number of ether oxygens (including phenoxy) is 2. The van der Waals surface area contributed by atoms with Crippen LogP contribution in [0.25, 0.3) is 0 Å². The van der Waals surface area contributed by atoms with Gasteiger partial charge in [0.2, 0.25) is 0 Å². The van der Waals surface area contributed by atoms with Crippen molar-refractivity contribution in [2.24, 2.45) is 11.8 Å². The SMILES string of the molecule is Cc1ccc(CN2C(=O)N[C@@H](C(C)C)C2=O)c(OC[C@@H]2CCOC2)c1. The van der Waals surface area contributed by atoms with Crippen LogP contribution in [0.3, 0.4) is 0 Å². The largest absolute Gasteiger partial charge is 0.493 e. The third-order valence-electron chi connectivity index (χ3n) is 4.77. The van der Waals surface area contributed by atoms with E-state index in [1.807, 2.05) is 39.0 Å². The van der Waals surface area contributed by atoms with Gasteiger partial charge in [-0.05, 0) is 30.9 Å². The van der Waals surface area contributed by atoms with Crippen molar-refractivity contribution in [3.05, 3.63) is 29.3 Å². The van der Waals surface area contributed by atoms with Gasteiger partial charge in [-0.1, -0.05) is 26.0 Å². The Morgan fingerprint density at radius 3 is 2.80 bits per heavy atom.